The van der Waals surface area contributed by atoms with Gasteiger partial charge in [-0.05, 0) is 30.7 Å². The van der Waals surface area contributed by atoms with Gasteiger partial charge in [0.2, 0.25) is 0 Å². The van der Waals surface area contributed by atoms with Crippen molar-refractivity contribution in [1.29, 1.82) is 0 Å². The molecule has 2 rings (SSSR count). The van der Waals surface area contributed by atoms with Gasteiger partial charge >= 0.3 is 6.03 Å². The third-order valence-corrected chi connectivity index (χ3v) is 3.20. The minimum Gasteiger partial charge on any atom is -0.493 e. The number of ether oxygens (including phenoxy) is 2. The number of carbonyl (C=O) groups is 3. The molecule has 8 heteroatoms. The second-order valence-corrected chi connectivity index (χ2v) is 5.26. The predicted molar refractivity (Wildman–Crippen MR) is 92.2 cm³/mol. The summed E-state index contributed by atoms with van der Waals surface area (Å²) in [5.74, 6) is 0.644. The van der Waals surface area contributed by atoms with Crippen molar-refractivity contribution in [2.45, 2.75) is 19.9 Å². The number of amides is 3. The molecule has 0 unspecified atom stereocenters. The average molecular weight is 360 g/mol. The van der Waals surface area contributed by atoms with Crippen molar-refractivity contribution in [2.24, 2.45) is 0 Å². The molecular weight excluding hydrogens is 340 g/mol. The number of imide groups is 1. The Labute approximate surface area is 150 Å². The van der Waals surface area contributed by atoms with Crippen LogP contribution in [0.2, 0.25) is 0 Å². The highest BCUT2D eigenvalue weighted by atomic mass is 16.5. The Morgan fingerprint density at radius 2 is 2.08 bits per heavy atom. The predicted octanol–water partition coefficient (Wildman–Crippen LogP) is 2.29. The van der Waals surface area contributed by atoms with Gasteiger partial charge in [0.25, 0.3) is 5.91 Å². The maximum Gasteiger partial charge on any atom is 0.321 e. The lowest BCUT2D eigenvalue weighted by atomic mass is 10.2. The minimum absolute atomic E-state index is 0.152. The van der Waals surface area contributed by atoms with E-state index in [1.54, 1.807) is 24.3 Å². The molecule has 1 aromatic carbocycles. The van der Waals surface area contributed by atoms with Crippen molar-refractivity contribution in [2.75, 3.05) is 13.2 Å². The first-order chi connectivity index (χ1) is 12.6. The second kappa shape index (κ2) is 9.87. The Morgan fingerprint density at radius 1 is 1.23 bits per heavy atom. The first-order valence-electron chi connectivity index (χ1n) is 8.07. The third kappa shape index (κ3) is 5.97. The smallest absolute Gasteiger partial charge is 0.321 e. The summed E-state index contributed by atoms with van der Waals surface area (Å²) < 4.78 is 15.9. The van der Waals surface area contributed by atoms with Gasteiger partial charge in [-0.2, -0.15) is 0 Å². The van der Waals surface area contributed by atoms with E-state index in [1.807, 2.05) is 6.92 Å². The number of hydrogen-bond donors (Lipinski definition) is 2. The Balaban J connectivity index is 1.83. The van der Waals surface area contributed by atoms with Crippen molar-refractivity contribution in [3.8, 4) is 11.5 Å². The van der Waals surface area contributed by atoms with Crippen LogP contribution >= 0.6 is 0 Å². The number of nitrogens with one attached hydrogen (secondary N) is 2. The average Bonchev–Trinajstić information content (AvgIpc) is 3.16. The number of benzene rings is 1. The van der Waals surface area contributed by atoms with E-state index in [9.17, 15) is 14.4 Å². The molecule has 3 amide bonds. The SMILES string of the molecule is CCCOc1ccc(C=O)c(OCC(=O)NC(=O)NCc2ccco2)c1. The van der Waals surface area contributed by atoms with Gasteiger partial charge in [0.15, 0.2) is 12.9 Å². The molecule has 1 heterocycles. The fourth-order valence-electron chi connectivity index (χ4n) is 1.98. The van der Waals surface area contributed by atoms with Crippen molar-refractivity contribution >= 4 is 18.2 Å². The number of aldehydes is 1. The molecule has 0 spiro atoms. The van der Waals surface area contributed by atoms with E-state index in [-0.39, 0.29) is 17.9 Å². The third-order valence-electron chi connectivity index (χ3n) is 3.20. The zero-order chi connectivity index (χ0) is 18.8. The standard InChI is InChI=1S/C18H20N2O6/c1-2-7-24-14-6-5-13(11-21)16(9-14)26-12-17(22)20-18(23)19-10-15-4-3-8-25-15/h3-6,8-9,11H,2,7,10,12H2,1H3,(H2,19,20,22,23). The van der Waals surface area contributed by atoms with E-state index in [4.69, 9.17) is 13.9 Å². The van der Waals surface area contributed by atoms with E-state index < -0.39 is 18.5 Å². The van der Waals surface area contributed by atoms with Gasteiger partial charge in [-0.15, -0.1) is 0 Å². The zero-order valence-corrected chi connectivity index (χ0v) is 14.3. The Kier molecular flexibility index (Phi) is 7.23. The molecule has 1 aromatic heterocycles. The molecular formula is C18H20N2O6. The second-order valence-electron chi connectivity index (χ2n) is 5.26. The van der Waals surface area contributed by atoms with Gasteiger partial charge in [-0.1, -0.05) is 6.92 Å². The summed E-state index contributed by atoms with van der Waals surface area (Å²) >= 11 is 0. The topological polar surface area (TPSA) is 107 Å². The van der Waals surface area contributed by atoms with Gasteiger partial charge in [0.05, 0.1) is 25.0 Å². The molecule has 0 saturated carbocycles. The Hall–Kier alpha value is -3.29. The molecule has 0 bridgehead atoms. The molecule has 2 aromatic rings. The van der Waals surface area contributed by atoms with E-state index in [0.717, 1.165) is 6.42 Å². The van der Waals surface area contributed by atoms with Gasteiger partial charge in [-0.3, -0.25) is 14.9 Å². The fourth-order valence-corrected chi connectivity index (χ4v) is 1.98. The Morgan fingerprint density at radius 3 is 2.77 bits per heavy atom. The summed E-state index contributed by atoms with van der Waals surface area (Å²) in [5.41, 5.74) is 0.281. The van der Waals surface area contributed by atoms with Crippen LogP contribution in [0.15, 0.2) is 41.0 Å². The molecule has 0 radical (unpaired) electrons. The number of furan rings is 1. The summed E-state index contributed by atoms with van der Waals surface area (Å²) in [6.07, 6.45) is 2.94. The van der Waals surface area contributed by atoms with Crippen molar-refractivity contribution in [3.05, 3.63) is 47.9 Å². The summed E-state index contributed by atoms with van der Waals surface area (Å²) in [6, 6.07) is 7.43. The molecule has 0 aliphatic heterocycles. The lowest BCUT2D eigenvalue weighted by Crippen LogP contribution is -2.41. The minimum atomic E-state index is -0.675. The number of hydrogen-bond acceptors (Lipinski definition) is 6. The van der Waals surface area contributed by atoms with Gasteiger partial charge in [0.1, 0.15) is 17.3 Å². The van der Waals surface area contributed by atoms with Crippen LogP contribution in [0.25, 0.3) is 0 Å². The van der Waals surface area contributed by atoms with Gasteiger partial charge in [-0.25, -0.2) is 4.79 Å². The van der Waals surface area contributed by atoms with Crippen LogP contribution in [0, 0.1) is 0 Å². The molecule has 0 aliphatic rings. The van der Waals surface area contributed by atoms with Crippen LogP contribution in [-0.4, -0.2) is 31.4 Å². The highest BCUT2D eigenvalue weighted by Crippen LogP contribution is 2.24. The van der Waals surface area contributed by atoms with Crippen LogP contribution in [-0.2, 0) is 11.3 Å². The molecule has 138 valence electrons. The first-order valence-corrected chi connectivity index (χ1v) is 8.07. The first kappa shape index (κ1) is 19.0. The molecule has 8 nitrogen and oxygen atoms in total. The number of rotatable bonds is 9. The normalized spacial score (nSPS) is 10.0. The maximum atomic E-state index is 11.8. The number of urea groups is 1. The molecule has 0 fully saturated rings. The van der Waals surface area contributed by atoms with Crippen LogP contribution in [0.5, 0.6) is 11.5 Å². The summed E-state index contributed by atoms with van der Waals surface area (Å²) in [4.78, 5) is 34.5. The Bertz CT molecular complexity index is 742. The molecule has 0 aliphatic carbocycles. The van der Waals surface area contributed by atoms with Gasteiger partial charge < -0.3 is 19.2 Å². The largest absolute Gasteiger partial charge is 0.493 e. The monoisotopic (exact) mass is 360 g/mol. The van der Waals surface area contributed by atoms with Crippen LogP contribution in [0.3, 0.4) is 0 Å². The van der Waals surface area contributed by atoms with E-state index in [2.05, 4.69) is 10.6 Å². The highest BCUT2D eigenvalue weighted by Gasteiger charge is 2.11. The zero-order valence-electron chi connectivity index (χ0n) is 14.3. The fraction of sp³-hybridized carbons (Fsp3) is 0.278. The van der Waals surface area contributed by atoms with Crippen LogP contribution in [0.4, 0.5) is 4.79 Å². The molecule has 0 saturated heterocycles. The van der Waals surface area contributed by atoms with Crippen molar-refractivity contribution in [1.82, 2.24) is 10.6 Å². The maximum absolute atomic E-state index is 11.8. The quantitative estimate of drug-likeness (QED) is 0.665. The van der Waals surface area contributed by atoms with Crippen molar-refractivity contribution < 1.29 is 28.3 Å². The van der Waals surface area contributed by atoms with Crippen molar-refractivity contribution in [3.63, 3.8) is 0 Å². The molecule has 2 N–H and O–H groups in total. The molecule has 0 atom stereocenters. The molecule has 26 heavy (non-hydrogen) atoms. The van der Waals surface area contributed by atoms with Crippen LogP contribution < -0.4 is 20.1 Å². The summed E-state index contributed by atoms with van der Waals surface area (Å²) in [7, 11) is 0. The summed E-state index contributed by atoms with van der Waals surface area (Å²) in [6.45, 7) is 2.22. The van der Waals surface area contributed by atoms with E-state index in [1.165, 1.54) is 12.3 Å². The number of carbonyl (C=O) groups excluding carboxylic acids is 3. The highest BCUT2D eigenvalue weighted by molar-refractivity contribution is 5.95. The van der Waals surface area contributed by atoms with E-state index >= 15 is 0 Å². The van der Waals surface area contributed by atoms with Gasteiger partial charge in [0, 0.05) is 6.07 Å². The lowest BCUT2D eigenvalue weighted by Gasteiger charge is -2.11. The van der Waals surface area contributed by atoms with E-state index in [0.29, 0.717) is 24.4 Å². The lowest BCUT2D eigenvalue weighted by molar-refractivity contribution is -0.122. The van der Waals surface area contributed by atoms with Crippen LogP contribution in [0.1, 0.15) is 29.5 Å². The summed E-state index contributed by atoms with van der Waals surface area (Å²) in [5, 5.41) is 4.60.